The average Bonchev–Trinajstić information content (AvgIpc) is 2.72. The molecule has 0 aromatic heterocycles. The average molecular weight is 400 g/mol. The summed E-state index contributed by atoms with van der Waals surface area (Å²) in [5, 5.41) is 0. The Balaban J connectivity index is 1.69. The molecule has 0 aliphatic rings. The van der Waals surface area contributed by atoms with Crippen LogP contribution in [0.2, 0.25) is 0 Å². The first-order valence-electron chi connectivity index (χ1n) is 9.06. The molecule has 29 heavy (non-hydrogen) atoms. The summed E-state index contributed by atoms with van der Waals surface area (Å²) in [5.41, 5.74) is 7.06. The zero-order valence-corrected chi connectivity index (χ0v) is 16.6. The van der Waals surface area contributed by atoms with Crippen molar-refractivity contribution in [2.75, 3.05) is 19.8 Å². The molecule has 0 unspecified atom stereocenters. The van der Waals surface area contributed by atoms with Gasteiger partial charge in [-0.3, -0.25) is 20.4 Å². The molecule has 2 rings (SSSR count). The van der Waals surface area contributed by atoms with E-state index in [1.165, 1.54) is 12.1 Å². The monoisotopic (exact) mass is 400 g/mol. The number of hydrogen-bond donors (Lipinski definition) is 2. The summed E-state index contributed by atoms with van der Waals surface area (Å²) in [6, 6.07) is 11.7. The molecule has 0 fully saturated rings. The van der Waals surface area contributed by atoms with Crippen molar-refractivity contribution in [3.05, 3.63) is 59.2 Å². The van der Waals surface area contributed by atoms with E-state index in [0.29, 0.717) is 23.7 Å². The van der Waals surface area contributed by atoms with Crippen molar-refractivity contribution in [2.24, 2.45) is 0 Å². The lowest BCUT2D eigenvalue weighted by molar-refractivity contribution is -0.131. The van der Waals surface area contributed by atoms with Crippen LogP contribution >= 0.6 is 0 Å². The first-order valence-corrected chi connectivity index (χ1v) is 9.06. The van der Waals surface area contributed by atoms with E-state index >= 15 is 0 Å². The lowest BCUT2D eigenvalue weighted by Crippen LogP contribution is -2.45. The number of carbonyl (C=O) groups is 3. The lowest BCUT2D eigenvalue weighted by atomic mass is 10.1. The van der Waals surface area contributed by atoms with E-state index in [1.807, 2.05) is 26.0 Å². The Morgan fingerprint density at radius 3 is 1.90 bits per heavy atom. The molecule has 0 aliphatic carbocycles. The van der Waals surface area contributed by atoms with Crippen molar-refractivity contribution in [3.63, 3.8) is 0 Å². The number of hydrazine groups is 1. The van der Waals surface area contributed by atoms with Crippen molar-refractivity contribution < 1.29 is 28.6 Å². The van der Waals surface area contributed by atoms with Crippen LogP contribution in [-0.2, 0) is 14.3 Å². The second kappa shape index (κ2) is 10.7. The summed E-state index contributed by atoms with van der Waals surface area (Å²) < 4.78 is 15.6. The highest BCUT2D eigenvalue weighted by Gasteiger charge is 2.09. The van der Waals surface area contributed by atoms with Crippen LogP contribution in [0.5, 0.6) is 11.5 Å². The third kappa shape index (κ3) is 7.17. The van der Waals surface area contributed by atoms with Gasteiger partial charge in [0.05, 0.1) is 12.2 Å². The minimum atomic E-state index is -0.543. The molecule has 0 spiro atoms. The maximum atomic E-state index is 11.8. The highest BCUT2D eigenvalue weighted by atomic mass is 16.5. The number of hydrogen-bond acceptors (Lipinski definition) is 6. The standard InChI is InChI=1S/C21H24N2O6/c1-4-27-21(26)16-6-9-17(10-7-16)28-12-19(24)22-23-20(25)13-29-18-8-5-14(2)15(3)11-18/h5-11H,4,12-13H2,1-3H3,(H,22,24)(H,23,25). The number of nitrogens with one attached hydrogen (secondary N) is 2. The molecule has 2 aromatic rings. The Bertz CT molecular complexity index is 864. The molecule has 8 heteroatoms. The Morgan fingerprint density at radius 2 is 1.34 bits per heavy atom. The molecule has 0 heterocycles. The van der Waals surface area contributed by atoms with E-state index in [-0.39, 0.29) is 13.2 Å². The van der Waals surface area contributed by atoms with Gasteiger partial charge in [0.25, 0.3) is 11.8 Å². The number of carbonyl (C=O) groups excluding carboxylic acids is 3. The van der Waals surface area contributed by atoms with Gasteiger partial charge in [0, 0.05) is 0 Å². The Hall–Kier alpha value is -3.55. The van der Waals surface area contributed by atoms with Gasteiger partial charge in [0.15, 0.2) is 13.2 Å². The number of ether oxygens (including phenoxy) is 3. The van der Waals surface area contributed by atoms with Crippen molar-refractivity contribution >= 4 is 17.8 Å². The Morgan fingerprint density at radius 1 is 0.793 bits per heavy atom. The minimum Gasteiger partial charge on any atom is -0.484 e. The van der Waals surface area contributed by atoms with Crippen molar-refractivity contribution in [1.29, 1.82) is 0 Å². The summed E-state index contributed by atoms with van der Waals surface area (Å²) in [6.45, 7) is 5.40. The van der Waals surface area contributed by atoms with Crippen LogP contribution in [0.1, 0.15) is 28.4 Å². The summed E-state index contributed by atoms with van der Waals surface area (Å²) in [7, 11) is 0. The molecule has 0 saturated heterocycles. The molecule has 0 saturated carbocycles. The number of amides is 2. The first-order chi connectivity index (χ1) is 13.9. The zero-order chi connectivity index (χ0) is 21.2. The van der Waals surface area contributed by atoms with Crippen LogP contribution in [-0.4, -0.2) is 37.6 Å². The predicted molar refractivity (Wildman–Crippen MR) is 106 cm³/mol. The van der Waals surface area contributed by atoms with Crippen molar-refractivity contribution in [3.8, 4) is 11.5 Å². The SMILES string of the molecule is CCOC(=O)c1ccc(OCC(=O)NNC(=O)COc2ccc(C)c(C)c2)cc1. The second-order valence-electron chi connectivity index (χ2n) is 6.16. The molecule has 0 radical (unpaired) electrons. The van der Waals surface area contributed by atoms with Gasteiger partial charge in [-0.25, -0.2) is 4.79 Å². The fraction of sp³-hybridized carbons (Fsp3) is 0.286. The highest BCUT2D eigenvalue weighted by Crippen LogP contribution is 2.16. The maximum absolute atomic E-state index is 11.8. The molecule has 0 atom stereocenters. The molecule has 0 aliphatic heterocycles. The molecular weight excluding hydrogens is 376 g/mol. The van der Waals surface area contributed by atoms with Gasteiger partial charge >= 0.3 is 5.97 Å². The van der Waals surface area contributed by atoms with Gasteiger partial charge in [-0.2, -0.15) is 0 Å². The van der Waals surface area contributed by atoms with Gasteiger partial charge in [-0.05, 0) is 68.3 Å². The normalized spacial score (nSPS) is 10.0. The first kappa shape index (κ1) is 21.7. The highest BCUT2D eigenvalue weighted by molar-refractivity contribution is 5.89. The van der Waals surface area contributed by atoms with Gasteiger partial charge < -0.3 is 14.2 Å². The molecule has 154 valence electrons. The van der Waals surface area contributed by atoms with Crippen LogP contribution < -0.4 is 20.3 Å². The van der Waals surface area contributed by atoms with Crippen LogP contribution in [0.15, 0.2) is 42.5 Å². The Labute approximate surface area is 169 Å². The summed E-state index contributed by atoms with van der Waals surface area (Å²) in [5.74, 6) is -0.501. The van der Waals surface area contributed by atoms with E-state index < -0.39 is 17.8 Å². The smallest absolute Gasteiger partial charge is 0.338 e. The van der Waals surface area contributed by atoms with Crippen molar-refractivity contribution in [1.82, 2.24) is 10.9 Å². The van der Waals surface area contributed by atoms with E-state index in [4.69, 9.17) is 14.2 Å². The fourth-order valence-electron chi connectivity index (χ4n) is 2.21. The van der Waals surface area contributed by atoms with Crippen LogP contribution in [0.25, 0.3) is 0 Å². The topological polar surface area (TPSA) is 103 Å². The van der Waals surface area contributed by atoms with Crippen molar-refractivity contribution in [2.45, 2.75) is 20.8 Å². The molecular formula is C21H24N2O6. The van der Waals surface area contributed by atoms with Gasteiger partial charge in [-0.15, -0.1) is 0 Å². The lowest BCUT2D eigenvalue weighted by Gasteiger charge is -2.10. The summed E-state index contributed by atoms with van der Waals surface area (Å²) in [4.78, 5) is 35.1. The number of aryl methyl sites for hydroxylation is 2. The summed E-state index contributed by atoms with van der Waals surface area (Å²) in [6.07, 6.45) is 0. The van der Waals surface area contributed by atoms with Crippen LogP contribution in [0, 0.1) is 13.8 Å². The predicted octanol–water partition coefficient (Wildman–Crippen LogP) is 2.09. The molecule has 8 nitrogen and oxygen atoms in total. The Kier molecular flexibility index (Phi) is 8.02. The van der Waals surface area contributed by atoms with Crippen LogP contribution in [0.3, 0.4) is 0 Å². The third-order valence-corrected chi connectivity index (χ3v) is 3.93. The zero-order valence-electron chi connectivity index (χ0n) is 16.6. The molecule has 0 bridgehead atoms. The summed E-state index contributed by atoms with van der Waals surface area (Å²) >= 11 is 0. The van der Waals surface area contributed by atoms with E-state index in [1.54, 1.807) is 25.1 Å². The van der Waals surface area contributed by atoms with E-state index in [9.17, 15) is 14.4 Å². The number of rotatable bonds is 8. The fourth-order valence-corrected chi connectivity index (χ4v) is 2.21. The quantitative estimate of drug-likeness (QED) is 0.520. The largest absolute Gasteiger partial charge is 0.484 e. The molecule has 2 N–H and O–H groups in total. The third-order valence-electron chi connectivity index (χ3n) is 3.93. The minimum absolute atomic E-state index is 0.237. The number of esters is 1. The van der Waals surface area contributed by atoms with Gasteiger partial charge in [0.2, 0.25) is 0 Å². The molecule has 2 amide bonds. The second-order valence-corrected chi connectivity index (χ2v) is 6.16. The van der Waals surface area contributed by atoms with E-state index in [2.05, 4.69) is 10.9 Å². The van der Waals surface area contributed by atoms with E-state index in [0.717, 1.165) is 11.1 Å². The van der Waals surface area contributed by atoms with Gasteiger partial charge in [-0.1, -0.05) is 6.07 Å². The maximum Gasteiger partial charge on any atom is 0.338 e. The van der Waals surface area contributed by atoms with Gasteiger partial charge in [0.1, 0.15) is 11.5 Å². The van der Waals surface area contributed by atoms with Crippen LogP contribution in [0.4, 0.5) is 0 Å². The number of benzene rings is 2. The molecule has 2 aromatic carbocycles.